The van der Waals surface area contributed by atoms with E-state index in [2.05, 4.69) is 28.7 Å². The molecule has 0 bridgehead atoms. The number of ether oxygens (including phenoxy) is 1. The molecule has 0 aliphatic heterocycles. The number of H-pyrrole nitrogens is 1. The zero-order chi connectivity index (χ0) is 13.0. The van der Waals surface area contributed by atoms with E-state index >= 15 is 0 Å². The molecular weight excluding hydrogens is 226 g/mol. The number of aromatic amines is 1. The molecule has 0 unspecified atom stereocenters. The van der Waals surface area contributed by atoms with Crippen LogP contribution in [-0.2, 0) is 0 Å². The molecule has 18 heavy (non-hydrogen) atoms. The maximum atomic E-state index is 5.23. The molecule has 0 saturated heterocycles. The lowest BCUT2D eigenvalue weighted by Gasteiger charge is -2.19. The summed E-state index contributed by atoms with van der Waals surface area (Å²) in [5.41, 5.74) is 2.02. The van der Waals surface area contributed by atoms with Gasteiger partial charge in [-0.05, 0) is 25.0 Å². The Morgan fingerprint density at radius 2 is 1.94 bits per heavy atom. The van der Waals surface area contributed by atoms with E-state index in [0.717, 1.165) is 48.7 Å². The molecular formula is C14H21N3O. The third-order valence-corrected chi connectivity index (χ3v) is 2.96. The Labute approximate surface area is 108 Å². The number of nitrogens with one attached hydrogen (secondary N) is 1. The van der Waals surface area contributed by atoms with Crippen LogP contribution in [0.1, 0.15) is 26.7 Å². The maximum Gasteiger partial charge on any atom is 0.203 e. The average molecular weight is 247 g/mol. The smallest absolute Gasteiger partial charge is 0.203 e. The van der Waals surface area contributed by atoms with E-state index in [0.29, 0.717) is 0 Å². The molecule has 1 aromatic heterocycles. The SMILES string of the molecule is CCCN(CCC)c1nc2ccc(OC)cc2[nH]1. The molecule has 4 nitrogen and oxygen atoms in total. The van der Waals surface area contributed by atoms with Gasteiger partial charge in [0.2, 0.25) is 5.95 Å². The third kappa shape index (κ3) is 2.58. The Balaban J connectivity index is 2.32. The highest BCUT2D eigenvalue weighted by atomic mass is 16.5. The molecule has 0 aliphatic carbocycles. The highest BCUT2D eigenvalue weighted by molar-refractivity contribution is 5.79. The first kappa shape index (κ1) is 12.7. The molecule has 2 aromatic rings. The topological polar surface area (TPSA) is 41.2 Å². The minimum Gasteiger partial charge on any atom is -0.497 e. The summed E-state index contributed by atoms with van der Waals surface area (Å²) in [6.45, 7) is 6.44. The van der Waals surface area contributed by atoms with Crippen LogP contribution < -0.4 is 9.64 Å². The molecule has 0 radical (unpaired) electrons. The van der Waals surface area contributed by atoms with Crippen molar-refractivity contribution in [2.45, 2.75) is 26.7 Å². The average Bonchev–Trinajstić information content (AvgIpc) is 2.81. The molecule has 98 valence electrons. The number of aromatic nitrogens is 2. The quantitative estimate of drug-likeness (QED) is 0.852. The van der Waals surface area contributed by atoms with Crippen LogP contribution in [0.4, 0.5) is 5.95 Å². The van der Waals surface area contributed by atoms with Crippen LogP contribution in [0.3, 0.4) is 0 Å². The van der Waals surface area contributed by atoms with Crippen molar-refractivity contribution in [2.75, 3.05) is 25.1 Å². The van der Waals surface area contributed by atoms with Gasteiger partial charge in [0, 0.05) is 19.2 Å². The number of anilines is 1. The first-order chi connectivity index (χ1) is 8.78. The van der Waals surface area contributed by atoms with Gasteiger partial charge in [0.25, 0.3) is 0 Å². The fraction of sp³-hybridized carbons (Fsp3) is 0.500. The summed E-state index contributed by atoms with van der Waals surface area (Å²) in [5, 5.41) is 0. The molecule has 0 aliphatic rings. The normalized spacial score (nSPS) is 10.8. The van der Waals surface area contributed by atoms with Crippen molar-refractivity contribution in [3.05, 3.63) is 18.2 Å². The standard InChI is InChI=1S/C14H21N3O/c1-4-8-17(9-5-2)14-15-12-7-6-11(18-3)10-13(12)16-14/h6-7,10H,4-5,8-9H2,1-3H3,(H,15,16). The second-order valence-electron chi connectivity index (χ2n) is 4.43. The largest absolute Gasteiger partial charge is 0.497 e. The van der Waals surface area contributed by atoms with E-state index in [4.69, 9.17) is 4.74 Å². The van der Waals surface area contributed by atoms with Crippen LogP contribution in [0, 0.1) is 0 Å². The van der Waals surface area contributed by atoms with E-state index in [9.17, 15) is 0 Å². The molecule has 1 heterocycles. The molecule has 4 heteroatoms. The number of hydrogen-bond acceptors (Lipinski definition) is 3. The number of rotatable bonds is 6. The Morgan fingerprint density at radius 1 is 1.22 bits per heavy atom. The van der Waals surface area contributed by atoms with Crippen molar-refractivity contribution in [3.8, 4) is 5.75 Å². The summed E-state index contributed by atoms with van der Waals surface area (Å²) in [6, 6.07) is 5.92. The molecule has 0 spiro atoms. The number of methoxy groups -OCH3 is 1. The van der Waals surface area contributed by atoms with E-state index in [-0.39, 0.29) is 0 Å². The summed E-state index contributed by atoms with van der Waals surface area (Å²) in [7, 11) is 1.68. The van der Waals surface area contributed by atoms with Crippen LogP contribution in [-0.4, -0.2) is 30.2 Å². The van der Waals surface area contributed by atoms with Gasteiger partial charge in [-0.2, -0.15) is 0 Å². The Hall–Kier alpha value is -1.71. The minimum absolute atomic E-state index is 0.857. The summed E-state index contributed by atoms with van der Waals surface area (Å²) in [4.78, 5) is 10.3. The monoisotopic (exact) mass is 247 g/mol. The minimum atomic E-state index is 0.857. The number of hydrogen-bond donors (Lipinski definition) is 1. The summed E-state index contributed by atoms with van der Waals surface area (Å²) in [6.07, 6.45) is 2.25. The number of benzene rings is 1. The summed E-state index contributed by atoms with van der Waals surface area (Å²) >= 11 is 0. The summed E-state index contributed by atoms with van der Waals surface area (Å²) < 4.78 is 5.23. The fourth-order valence-corrected chi connectivity index (χ4v) is 2.12. The highest BCUT2D eigenvalue weighted by Gasteiger charge is 2.10. The van der Waals surface area contributed by atoms with Crippen molar-refractivity contribution in [2.24, 2.45) is 0 Å². The number of imidazole rings is 1. The van der Waals surface area contributed by atoms with Gasteiger partial charge in [0.05, 0.1) is 18.1 Å². The molecule has 0 fully saturated rings. The predicted octanol–water partition coefficient (Wildman–Crippen LogP) is 3.20. The van der Waals surface area contributed by atoms with E-state index in [1.165, 1.54) is 0 Å². The van der Waals surface area contributed by atoms with Crippen molar-refractivity contribution >= 4 is 17.0 Å². The zero-order valence-corrected chi connectivity index (χ0v) is 11.4. The molecule has 0 saturated carbocycles. The van der Waals surface area contributed by atoms with Crippen molar-refractivity contribution in [1.82, 2.24) is 9.97 Å². The first-order valence-electron chi connectivity index (χ1n) is 6.57. The van der Waals surface area contributed by atoms with Gasteiger partial charge >= 0.3 is 0 Å². The van der Waals surface area contributed by atoms with Gasteiger partial charge < -0.3 is 14.6 Å². The number of fused-ring (bicyclic) bond motifs is 1. The fourth-order valence-electron chi connectivity index (χ4n) is 2.12. The molecule has 1 N–H and O–H groups in total. The Bertz CT molecular complexity index is 501. The van der Waals surface area contributed by atoms with Crippen molar-refractivity contribution in [1.29, 1.82) is 0 Å². The van der Waals surface area contributed by atoms with Gasteiger partial charge in [-0.25, -0.2) is 4.98 Å². The van der Waals surface area contributed by atoms with Crippen molar-refractivity contribution < 1.29 is 4.74 Å². The maximum absolute atomic E-state index is 5.23. The number of nitrogens with zero attached hydrogens (tertiary/aromatic N) is 2. The van der Waals surface area contributed by atoms with Crippen LogP contribution >= 0.6 is 0 Å². The lowest BCUT2D eigenvalue weighted by Crippen LogP contribution is -2.25. The van der Waals surface area contributed by atoms with Crippen LogP contribution in [0.5, 0.6) is 5.75 Å². The van der Waals surface area contributed by atoms with E-state index in [1.54, 1.807) is 7.11 Å². The summed E-state index contributed by atoms with van der Waals surface area (Å²) in [5.74, 6) is 1.82. The van der Waals surface area contributed by atoms with Crippen molar-refractivity contribution in [3.63, 3.8) is 0 Å². The van der Waals surface area contributed by atoms with Gasteiger partial charge in [0.1, 0.15) is 5.75 Å². The van der Waals surface area contributed by atoms with Gasteiger partial charge in [0.15, 0.2) is 0 Å². The predicted molar refractivity (Wildman–Crippen MR) is 75.4 cm³/mol. The molecule has 2 rings (SSSR count). The van der Waals surface area contributed by atoms with Crippen LogP contribution in [0.15, 0.2) is 18.2 Å². The van der Waals surface area contributed by atoms with Crippen LogP contribution in [0.2, 0.25) is 0 Å². The second kappa shape index (κ2) is 5.76. The molecule has 0 amide bonds. The lowest BCUT2D eigenvalue weighted by atomic mass is 10.3. The zero-order valence-electron chi connectivity index (χ0n) is 11.4. The lowest BCUT2D eigenvalue weighted by molar-refractivity contribution is 0.415. The van der Waals surface area contributed by atoms with Crippen LogP contribution in [0.25, 0.3) is 11.0 Å². The van der Waals surface area contributed by atoms with E-state index < -0.39 is 0 Å². The van der Waals surface area contributed by atoms with Gasteiger partial charge in [-0.15, -0.1) is 0 Å². The Morgan fingerprint density at radius 3 is 2.56 bits per heavy atom. The first-order valence-corrected chi connectivity index (χ1v) is 6.57. The van der Waals surface area contributed by atoms with E-state index in [1.807, 2.05) is 18.2 Å². The van der Waals surface area contributed by atoms with Gasteiger partial charge in [-0.3, -0.25) is 0 Å². The second-order valence-corrected chi connectivity index (χ2v) is 4.43. The Kier molecular flexibility index (Phi) is 4.07. The van der Waals surface area contributed by atoms with Gasteiger partial charge in [-0.1, -0.05) is 13.8 Å². The molecule has 1 aromatic carbocycles. The third-order valence-electron chi connectivity index (χ3n) is 2.96. The molecule has 0 atom stereocenters. The highest BCUT2D eigenvalue weighted by Crippen LogP contribution is 2.22.